The number of nitrogens with zero attached hydrogens (tertiary/aromatic N) is 1. The molecule has 1 aromatic carbocycles. The summed E-state index contributed by atoms with van der Waals surface area (Å²) < 4.78 is 39.7. The van der Waals surface area contributed by atoms with Gasteiger partial charge in [0.05, 0.1) is 0 Å². The van der Waals surface area contributed by atoms with Crippen LogP contribution in [0.3, 0.4) is 0 Å². The molecule has 0 unspecified atom stereocenters. The summed E-state index contributed by atoms with van der Waals surface area (Å²) in [6, 6.07) is 6.84. The number of carbonyl (C=O) groups is 1. The first-order valence-electron chi connectivity index (χ1n) is 5.48. The Morgan fingerprint density at radius 1 is 1.29 bits per heavy atom. The van der Waals surface area contributed by atoms with Crippen molar-refractivity contribution in [3.63, 3.8) is 0 Å². The molecule has 9 heteroatoms. The minimum absolute atomic E-state index is 0.0532. The SMILES string of the molecule is O=C(O)c1cccc(NS(=O)(=O)c2ccc(Cl)cc2F)n1. The molecule has 2 aromatic rings. The minimum atomic E-state index is -4.24. The highest BCUT2D eigenvalue weighted by Crippen LogP contribution is 2.21. The molecule has 2 N–H and O–H groups in total. The lowest BCUT2D eigenvalue weighted by Gasteiger charge is -2.08. The number of hydrogen-bond acceptors (Lipinski definition) is 4. The number of carboxylic acids is 1. The molecule has 0 saturated heterocycles. The van der Waals surface area contributed by atoms with E-state index >= 15 is 0 Å². The molecule has 0 radical (unpaired) electrons. The summed E-state index contributed by atoms with van der Waals surface area (Å²) in [5.74, 6) is -2.57. The maximum atomic E-state index is 13.6. The van der Waals surface area contributed by atoms with Crippen LogP contribution in [0.4, 0.5) is 10.2 Å². The number of hydrogen-bond donors (Lipinski definition) is 2. The first-order valence-corrected chi connectivity index (χ1v) is 7.34. The smallest absolute Gasteiger partial charge is 0.354 e. The van der Waals surface area contributed by atoms with E-state index in [0.717, 1.165) is 12.1 Å². The van der Waals surface area contributed by atoms with Gasteiger partial charge in [0.25, 0.3) is 10.0 Å². The number of aromatic nitrogens is 1. The molecule has 0 bridgehead atoms. The van der Waals surface area contributed by atoms with Crippen LogP contribution in [0.5, 0.6) is 0 Å². The molecular formula is C12H8ClFN2O4S. The van der Waals surface area contributed by atoms with Crippen molar-refractivity contribution in [2.75, 3.05) is 4.72 Å². The van der Waals surface area contributed by atoms with Crippen molar-refractivity contribution in [1.29, 1.82) is 0 Å². The maximum Gasteiger partial charge on any atom is 0.354 e. The van der Waals surface area contributed by atoms with Crippen molar-refractivity contribution in [2.45, 2.75) is 4.90 Å². The van der Waals surface area contributed by atoms with E-state index in [0.29, 0.717) is 0 Å². The molecule has 0 fully saturated rings. The molecule has 0 aliphatic rings. The fourth-order valence-corrected chi connectivity index (χ4v) is 2.72. The number of rotatable bonds is 4. The number of carboxylic acid groups (broad SMARTS) is 1. The van der Waals surface area contributed by atoms with Crippen molar-refractivity contribution < 1.29 is 22.7 Å². The Morgan fingerprint density at radius 2 is 2.00 bits per heavy atom. The monoisotopic (exact) mass is 330 g/mol. The molecule has 0 aliphatic carbocycles. The lowest BCUT2D eigenvalue weighted by Crippen LogP contribution is -2.16. The third kappa shape index (κ3) is 3.47. The van der Waals surface area contributed by atoms with Crippen molar-refractivity contribution in [3.8, 4) is 0 Å². The third-order valence-electron chi connectivity index (χ3n) is 2.39. The highest BCUT2D eigenvalue weighted by atomic mass is 35.5. The molecule has 6 nitrogen and oxygen atoms in total. The number of halogens is 2. The summed E-state index contributed by atoms with van der Waals surface area (Å²) >= 11 is 5.55. The lowest BCUT2D eigenvalue weighted by atomic mass is 10.3. The van der Waals surface area contributed by atoms with E-state index in [1.807, 2.05) is 4.72 Å². The van der Waals surface area contributed by atoms with Crippen LogP contribution in [-0.2, 0) is 10.0 Å². The van der Waals surface area contributed by atoms with E-state index in [4.69, 9.17) is 16.7 Å². The van der Waals surface area contributed by atoms with Gasteiger partial charge >= 0.3 is 5.97 Å². The molecule has 0 spiro atoms. The van der Waals surface area contributed by atoms with Crippen LogP contribution in [0.1, 0.15) is 10.5 Å². The molecule has 1 heterocycles. The molecule has 0 aliphatic heterocycles. The second-order valence-corrected chi connectivity index (χ2v) is 5.98. The second-order valence-electron chi connectivity index (χ2n) is 3.89. The van der Waals surface area contributed by atoms with E-state index < -0.39 is 26.7 Å². The van der Waals surface area contributed by atoms with Gasteiger partial charge in [-0.25, -0.2) is 22.6 Å². The number of sulfonamides is 1. The highest BCUT2D eigenvalue weighted by Gasteiger charge is 2.20. The zero-order valence-corrected chi connectivity index (χ0v) is 11.8. The maximum absolute atomic E-state index is 13.6. The first kappa shape index (κ1) is 15.2. The van der Waals surface area contributed by atoms with Gasteiger partial charge in [0.2, 0.25) is 0 Å². The van der Waals surface area contributed by atoms with Gasteiger partial charge in [0.15, 0.2) is 5.69 Å². The Hall–Kier alpha value is -2.19. The number of pyridine rings is 1. The Labute approximate surface area is 124 Å². The summed E-state index contributed by atoms with van der Waals surface area (Å²) in [4.78, 5) is 13.7. The summed E-state index contributed by atoms with van der Waals surface area (Å²) in [5.41, 5.74) is -0.341. The fourth-order valence-electron chi connectivity index (χ4n) is 1.50. The van der Waals surface area contributed by atoms with Gasteiger partial charge in [-0.15, -0.1) is 0 Å². The van der Waals surface area contributed by atoms with Crippen molar-refractivity contribution in [3.05, 3.63) is 52.9 Å². The number of anilines is 1. The fraction of sp³-hybridized carbons (Fsp3) is 0. The second kappa shape index (κ2) is 5.66. The molecule has 0 amide bonds. The summed E-state index contributed by atoms with van der Waals surface area (Å²) in [5, 5.41) is 8.84. The highest BCUT2D eigenvalue weighted by molar-refractivity contribution is 7.92. The molecule has 110 valence electrons. The van der Waals surface area contributed by atoms with Crippen LogP contribution >= 0.6 is 11.6 Å². The molecule has 2 rings (SSSR count). The Morgan fingerprint density at radius 3 is 2.62 bits per heavy atom. The normalized spacial score (nSPS) is 11.1. The van der Waals surface area contributed by atoms with Gasteiger partial charge < -0.3 is 5.11 Å². The van der Waals surface area contributed by atoms with E-state index in [1.54, 1.807) is 0 Å². The largest absolute Gasteiger partial charge is 0.477 e. The van der Waals surface area contributed by atoms with Crippen LogP contribution in [0, 0.1) is 5.82 Å². The van der Waals surface area contributed by atoms with Gasteiger partial charge in [-0.3, -0.25) is 4.72 Å². The zero-order valence-electron chi connectivity index (χ0n) is 10.2. The van der Waals surface area contributed by atoms with E-state index in [9.17, 15) is 17.6 Å². The van der Waals surface area contributed by atoms with Crippen molar-refractivity contribution >= 4 is 33.4 Å². The van der Waals surface area contributed by atoms with Gasteiger partial charge in [-0.1, -0.05) is 17.7 Å². The predicted octanol–water partition coefficient (Wildman–Crippen LogP) is 2.37. The summed E-state index contributed by atoms with van der Waals surface area (Å²) in [6.07, 6.45) is 0. The van der Waals surface area contributed by atoms with Crippen LogP contribution < -0.4 is 4.72 Å². The number of aromatic carboxylic acids is 1. The zero-order chi connectivity index (χ0) is 15.6. The number of benzene rings is 1. The Balaban J connectivity index is 2.37. The van der Waals surface area contributed by atoms with Crippen molar-refractivity contribution in [2.24, 2.45) is 0 Å². The molecule has 0 saturated carbocycles. The van der Waals surface area contributed by atoms with E-state index in [2.05, 4.69) is 4.98 Å². The van der Waals surface area contributed by atoms with Crippen LogP contribution in [0.15, 0.2) is 41.3 Å². The van der Waals surface area contributed by atoms with Gasteiger partial charge in [-0.2, -0.15) is 0 Å². The molecule has 21 heavy (non-hydrogen) atoms. The average molecular weight is 331 g/mol. The van der Waals surface area contributed by atoms with Gasteiger partial charge in [0.1, 0.15) is 16.5 Å². The van der Waals surface area contributed by atoms with Crippen LogP contribution in [0.2, 0.25) is 5.02 Å². The Bertz CT molecular complexity index is 811. The van der Waals surface area contributed by atoms with Gasteiger partial charge in [-0.05, 0) is 30.3 Å². The average Bonchev–Trinajstić information content (AvgIpc) is 2.37. The topological polar surface area (TPSA) is 96.4 Å². The third-order valence-corrected chi connectivity index (χ3v) is 4.01. The minimum Gasteiger partial charge on any atom is -0.477 e. The number of nitrogens with one attached hydrogen (secondary N) is 1. The summed E-state index contributed by atoms with van der Waals surface area (Å²) in [6.45, 7) is 0. The lowest BCUT2D eigenvalue weighted by molar-refractivity contribution is 0.0690. The standard InChI is InChI=1S/C12H8ClFN2O4S/c13-7-4-5-10(8(14)6-7)21(19,20)16-11-3-1-2-9(15-11)12(17)18/h1-6H,(H,15,16)(H,17,18). The van der Waals surface area contributed by atoms with E-state index in [-0.39, 0.29) is 16.5 Å². The van der Waals surface area contributed by atoms with Crippen LogP contribution in [0.25, 0.3) is 0 Å². The van der Waals surface area contributed by atoms with Crippen molar-refractivity contribution in [1.82, 2.24) is 4.98 Å². The Kier molecular flexibility index (Phi) is 4.10. The van der Waals surface area contributed by atoms with E-state index in [1.165, 1.54) is 24.3 Å². The molecule has 1 aromatic heterocycles. The quantitative estimate of drug-likeness (QED) is 0.897. The van der Waals surface area contributed by atoms with Gasteiger partial charge in [0, 0.05) is 5.02 Å². The summed E-state index contributed by atoms with van der Waals surface area (Å²) in [7, 11) is -4.24. The van der Waals surface area contributed by atoms with Crippen LogP contribution in [-0.4, -0.2) is 24.5 Å². The predicted molar refractivity (Wildman–Crippen MR) is 73.4 cm³/mol. The molecule has 0 atom stereocenters. The first-order chi connectivity index (χ1) is 9.79. The molecular weight excluding hydrogens is 323 g/mol.